The number of aromatic nitrogens is 2. The van der Waals surface area contributed by atoms with Gasteiger partial charge in [0.1, 0.15) is 13.2 Å². The van der Waals surface area contributed by atoms with Gasteiger partial charge >= 0.3 is 24.2 Å². The molecule has 3 heterocycles. The molecule has 3 aromatic carbocycles. The van der Waals surface area contributed by atoms with Crippen molar-refractivity contribution in [2.75, 3.05) is 31.5 Å². The van der Waals surface area contributed by atoms with Crippen LogP contribution in [0.3, 0.4) is 0 Å². The molecule has 0 spiro atoms. The number of benzene rings is 3. The van der Waals surface area contributed by atoms with Gasteiger partial charge in [-0.15, -0.1) is 5.10 Å². The predicted molar refractivity (Wildman–Crippen MR) is 196 cm³/mol. The standard InChI is InChI=1S/C36H33Cl4N5O8/c37-26-12-21(13-27(38)17-26)19-50-35(48)44-8-4-23(5-9-44)31(46)41-30-3-1-2-25(16-30)32-42-43-34(52-32)53-33(47)24-6-10-45(11-7-24)36(49)51-20-22-14-28(39)18-29(40)15-22/h1-3,12-18,23-24H,4-11,19-20H2,(H,41,46). The van der Waals surface area contributed by atoms with E-state index in [2.05, 4.69) is 15.5 Å². The van der Waals surface area contributed by atoms with Crippen molar-refractivity contribution in [3.05, 3.63) is 91.9 Å². The summed E-state index contributed by atoms with van der Waals surface area (Å²) >= 11 is 24.0. The number of esters is 1. The highest BCUT2D eigenvalue weighted by molar-refractivity contribution is 6.35. The first kappa shape index (κ1) is 38.2. The molecular formula is C36H33Cl4N5O8. The first-order chi connectivity index (χ1) is 25.5. The number of piperidine rings is 2. The van der Waals surface area contributed by atoms with Crippen LogP contribution in [0.25, 0.3) is 11.5 Å². The number of nitrogens with zero attached hydrogens (tertiary/aromatic N) is 4. The highest BCUT2D eigenvalue weighted by Crippen LogP contribution is 2.28. The maximum Gasteiger partial charge on any atom is 0.422 e. The maximum atomic E-state index is 13.1. The van der Waals surface area contributed by atoms with Crippen LogP contribution in [0.5, 0.6) is 6.08 Å². The number of likely N-dealkylation sites (tertiary alicyclic amines) is 2. The predicted octanol–water partition coefficient (Wildman–Crippen LogP) is 8.29. The number of hydrogen-bond acceptors (Lipinski definition) is 10. The third kappa shape index (κ3) is 10.5. The average Bonchev–Trinajstić information content (AvgIpc) is 3.61. The van der Waals surface area contributed by atoms with Gasteiger partial charge in [-0.3, -0.25) is 9.59 Å². The molecule has 1 aromatic heterocycles. The molecule has 0 aliphatic carbocycles. The Balaban J connectivity index is 0.930. The van der Waals surface area contributed by atoms with E-state index in [4.69, 9.17) is 65.0 Å². The second-order valence-electron chi connectivity index (χ2n) is 12.6. The molecule has 4 aromatic rings. The van der Waals surface area contributed by atoms with E-state index in [-0.39, 0.29) is 37.0 Å². The van der Waals surface area contributed by atoms with Gasteiger partial charge < -0.3 is 33.7 Å². The minimum Gasteiger partial charge on any atom is -0.445 e. The molecule has 2 saturated heterocycles. The third-order valence-corrected chi connectivity index (χ3v) is 9.62. The number of amides is 3. The van der Waals surface area contributed by atoms with E-state index in [0.29, 0.717) is 94.3 Å². The Morgan fingerprint density at radius 2 is 1.21 bits per heavy atom. The molecule has 17 heteroatoms. The van der Waals surface area contributed by atoms with Crippen molar-refractivity contribution in [1.82, 2.24) is 20.0 Å². The second-order valence-corrected chi connectivity index (χ2v) is 14.3. The van der Waals surface area contributed by atoms with E-state index in [1.165, 1.54) is 4.90 Å². The zero-order valence-electron chi connectivity index (χ0n) is 28.1. The smallest absolute Gasteiger partial charge is 0.422 e. The number of nitrogens with one attached hydrogen (secondary N) is 1. The van der Waals surface area contributed by atoms with Crippen molar-refractivity contribution in [2.45, 2.75) is 38.9 Å². The van der Waals surface area contributed by atoms with Crippen LogP contribution < -0.4 is 10.1 Å². The first-order valence-electron chi connectivity index (χ1n) is 16.7. The first-order valence-corrected chi connectivity index (χ1v) is 18.2. The summed E-state index contributed by atoms with van der Waals surface area (Å²) in [5.41, 5.74) is 2.35. The lowest BCUT2D eigenvalue weighted by atomic mass is 9.96. The van der Waals surface area contributed by atoms with Crippen molar-refractivity contribution < 1.29 is 37.8 Å². The summed E-state index contributed by atoms with van der Waals surface area (Å²) in [5.74, 6) is -1.43. The van der Waals surface area contributed by atoms with Crippen LogP contribution in [0.2, 0.25) is 20.1 Å². The molecule has 2 aliphatic rings. The van der Waals surface area contributed by atoms with E-state index in [1.54, 1.807) is 65.6 Å². The number of hydrogen-bond donors (Lipinski definition) is 1. The van der Waals surface area contributed by atoms with E-state index >= 15 is 0 Å². The zero-order valence-corrected chi connectivity index (χ0v) is 31.1. The van der Waals surface area contributed by atoms with E-state index < -0.39 is 24.1 Å². The van der Waals surface area contributed by atoms with Crippen molar-refractivity contribution in [2.24, 2.45) is 11.8 Å². The molecule has 278 valence electrons. The van der Waals surface area contributed by atoms with Gasteiger partial charge in [-0.25, -0.2) is 9.59 Å². The van der Waals surface area contributed by atoms with Crippen LogP contribution in [-0.4, -0.2) is 70.2 Å². The highest BCUT2D eigenvalue weighted by Gasteiger charge is 2.31. The Morgan fingerprint density at radius 3 is 1.74 bits per heavy atom. The van der Waals surface area contributed by atoms with Crippen LogP contribution >= 0.6 is 46.4 Å². The summed E-state index contributed by atoms with van der Waals surface area (Å²) < 4.78 is 21.8. The molecule has 0 unspecified atom stereocenters. The molecule has 0 radical (unpaired) electrons. The molecule has 1 N–H and O–H groups in total. The summed E-state index contributed by atoms with van der Waals surface area (Å²) in [7, 11) is 0. The Bertz CT molecular complexity index is 1940. The Morgan fingerprint density at radius 1 is 0.698 bits per heavy atom. The average molecular weight is 805 g/mol. The highest BCUT2D eigenvalue weighted by atomic mass is 35.5. The summed E-state index contributed by atoms with van der Waals surface area (Å²) in [6, 6.07) is 16.7. The molecule has 13 nitrogen and oxygen atoms in total. The molecule has 0 atom stereocenters. The number of carbonyl (C=O) groups excluding carboxylic acids is 4. The summed E-state index contributed by atoms with van der Waals surface area (Å²) in [4.78, 5) is 54.2. The van der Waals surface area contributed by atoms with Gasteiger partial charge in [0.25, 0.3) is 5.89 Å². The lowest BCUT2D eigenvalue weighted by Crippen LogP contribution is -2.41. The SMILES string of the molecule is O=C(Nc1cccc(-c2nnc(OC(=O)C3CCN(C(=O)OCc4cc(Cl)cc(Cl)c4)CC3)o2)c1)C1CCN(C(=O)OCc2cc(Cl)cc(Cl)c2)CC1. The third-order valence-electron chi connectivity index (χ3n) is 8.75. The lowest BCUT2D eigenvalue weighted by Gasteiger charge is -2.30. The second kappa shape index (κ2) is 17.5. The number of ether oxygens (including phenoxy) is 3. The topological polar surface area (TPSA) is 153 Å². The summed E-state index contributed by atoms with van der Waals surface area (Å²) in [5, 5.41) is 12.6. The molecule has 2 aliphatic heterocycles. The molecule has 3 amide bonds. The number of halogens is 4. The summed E-state index contributed by atoms with van der Waals surface area (Å²) in [6.07, 6.45) is 0.356. The molecule has 6 rings (SSSR count). The van der Waals surface area contributed by atoms with Crippen LogP contribution in [0.4, 0.5) is 15.3 Å². The zero-order chi connectivity index (χ0) is 37.5. The number of rotatable bonds is 9. The lowest BCUT2D eigenvalue weighted by molar-refractivity contribution is -0.142. The van der Waals surface area contributed by atoms with Gasteiger partial charge in [0.15, 0.2) is 0 Å². The molecular weight excluding hydrogens is 772 g/mol. The van der Waals surface area contributed by atoms with Crippen molar-refractivity contribution in [3.63, 3.8) is 0 Å². The van der Waals surface area contributed by atoms with Gasteiger partial charge in [0.05, 0.1) is 5.92 Å². The molecule has 53 heavy (non-hydrogen) atoms. The van der Waals surface area contributed by atoms with Crippen LogP contribution in [0, 0.1) is 11.8 Å². The Hall–Kier alpha value is -4.56. The van der Waals surface area contributed by atoms with Crippen LogP contribution in [0.1, 0.15) is 36.8 Å². The van der Waals surface area contributed by atoms with E-state index in [9.17, 15) is 19.2 Å². The quantitative estimate of drug-likeness (QED) is 0.164. The van der Waals surface area contributed by atoms with Gasteiger partial charge in [-0.2, -0.15) is 0 Å². The number of carbonyl (C=O) groups is 4. The monoisotopic (exact) mass is 803 g/mol. The maximum absolute atomic E-state index is 13.1. The van der Waals surface area contributed by atoms with Gasteiger partial charge in [-0.05, 0) is 91.4 Å². The normalized spacial score (nSPS) is 15.2. The fourth-order valence-corrected chi connectivity index (χ4v) is 7.14. The van der Waals surface area contributed by atoms with Gasteiger partial charge in [0.2, 0.25) is 5.91 Å². The fourth-order valence-electron chi connectivity index (χ4n) is 5.99. The summed E-state index contributed by atoms with van der Waals surface area (Å²) in [6.45, 7) is 1.37. The fraction of sp³-hybridized carbons (Fsp3) is 0.333. The molecule has 0 bridgehead atoms. The van der Waals surface area contributed by atoms with Crippen LogP contribution in [0.15, 0.2) is 65.1 Å². The van der Waals surface area contributed by atoms with Crippen molar-refractivity contribution in [1.29, 1.82) is 0 Å². The minimum absolute atomic E-state index is 0.0129. The van der Waals surface area contributed by atoms with Crippen molar-refractivity contribution in [3.8, 4) is 17.5 Å². The van der Waals surface area contributed by atoms with Gasteiger partial charge in [-0.1, -0.05) is 57.6 Å². The van der Waals surface area contributed by atoms with Crippen LogP contribution in [-0.2, 0) is 32.3 Å². The van der Waals surface area contributed by atoms with Crippen molar-refractivity contribution >= 4 is 76.2 Å². The minimum atomic E-state index is -0.548. The van der Waals surface area contributed by atoms with E-state index in [1.807, 2.05) is 0 Å². The van der Waals surface area contributed by atoms with Gasteiger partial charge in [0, 0.05) is 63.4 Å². The molecule has 0 saturated carbocycles. The largest absolute Gasteiger partial charge is 0.445 e. The van der Waals surface area contributed by atoms with E-state index in [0.717, 1.165) is 0 Å². The molecule has 2 fully saturated rings. The Kier molecular flexibility index (Phi) is 12.6. The number of anilines is 1. The Labute approximate surface area is 324 Å².